The summed E-state index contributed by atoms with van der Waals surface area (Å²) < 4.78 is 5.96. The van der Waals surface area contributed by atoms with Gasteiger partial charge >= 0.3 is 0 Å². The Bertz CT molecular complexity index is 404. The van der Waals surface area contributed by atoms with E-state index in [-0.39, 0.29) is 23.3 Å². The number of likely N-dealkylation sites (tertiary alicyclic amines) is 1. The SMILES string of the molecule is CCN1CC(C(=O)N2CCOC3(CCCC3)C2)CC1=O. The summed E-state index contributed by atoms with van der Waals surface area (Å²) in [6.07, 6.45) is 4.93. The topological polar surface area (TPSA) is 49.9 Å². The second-order valence-electron chi connectivity index (χ2n) is 6.33. The molecule has 3 rings (SSSR count). The summed E-state index contributed by atoms with van der Waals surface area (Å²) in [4.78, 5) is 28.2. The van der Waals surface area contributed by atoms with Gasteiger partial charge in [0.15, 0.2) is 0 Å². The normalized spacial score (nSPS) is 29.4. The molecule has 20 heavy (non-hydrogen) atoms. The Morgan fingerprint density at radius 1 is 1.40 bits per heavy atom. The molecule has 0 radical (unpaired) electrons. The van der Waals surface area contributed by atoms with Crippen molar-refractivity contribution in [2.24, 2.45) is 5.92 Å². The average molecular weight is 280 g/mol. The Balaban J connectivity index is 1.64. The predicted molar refractivity (Wildman–Crippen MR) is 74.1 cm³/mol. The third-order valence-corrected chi connectivity index (χ3v) is 5.02. The molecule has 2 aliphatic heterocycles. The molecule has 0 aromatic heterocycles. The molecule has 1 saturated carbocycles. The number of ether oxygens (including phenoxy) is 1. The summed E-state index contributed by atoms with van der Waals surface area (Å²) in [6, 6.07) is 0. The van der Waals surface area contributed by atoms with Gasteiger partial charge in [0, 0.05) is 32.6 Å². The summed E-state index contributed by atoms with van der Waals surface area (Å²) in [7, 11) is 0. The van der Waals surface area contributed by atoms with E-state index in [0.717, 1.165) is 19.4 Å². The highest BCUT2D eigenvalue weighted by atomic mass is 16.5. The average Bonchev–Trinajstić information content (AvgIpc) is 3.05. The summed E-state index contributed by atoms with van der Waals surface area (Å²) in [6.45, 7) is 5.31. The van der Waals surface area contributed by atoms with Crippen LogP contribution in [0.15, 0.2) is 0 Å². The van der Waals surface area contributed by atoms with Crippen LogP contribution in [0.4, 0.5) is 0 Å². The number of amides is 2. The molecule has 0 aromatic rings. The zero-order valence-corrected chi connectivity index (χ0v) is 12.3. The summed E-state index contributed by atoms with van der Waals surface area (Å²) in [5.74, 6) is 0.137. The molecule has 0 N–H and O–H groups in total. The van der Waals surface area contributed by atoms with Crippen LogP contribution in [0.25, 0.3) is 0 Å². The number of carbonyl (C=O) groups is 2. The van der Waals surface area contributed by atoms with Crippen molar-refractivity contribution in [3.8, 4) is 0 Å². The highest BCUT2D eigenvalue weighted by Crippen LogP contribution is 2.36. The largest absolute Gasteiger partial charge is 0.371 e. The Labute approximate surface area is 120 Å². The van der Waals surface area contributed by atoms with E-state index in [4.69, 9.17) is 4.74 Å². The van der Waals surface area contributed by atoms with E-state index < -0.39 is 0 Å². The summed E-state index contributed by atoms with van der Waals surface area (Å²) >= 11 is 0. The molecular weight excluding hydrogens is 256 g/mol. The Kier molecular flexibility index (Phi) is 3.71. The van der Waals surface area contributed by atoms with Gasteiger partial charge in [-0.25, -0.2) is 0 Å². The molecule has 112 valence electrons. The molecule has 3 aliphatic rings. The second-order valence-corrected chi connectivity index (χ2v) is 6.33. The smallest absolute Gasteiger partial charge is 0.228 e. The molecule has 1 atom stereocenters. The lowest BCUT2D eigenvalue weighted by atomic mass is 9.98. The molecule has 0 aromatic carbocycles. The van der Waals surface area contributed by atoms with Crippen molar-refractivity contribution in [1.29, 1.82) is 0 Å². The van der Waals surface area contributed by atoms with E-state index in [2.05, 4.69) is 0 Å². The molecule has 1 aliphatic carbocycles. The van der Waals surface area contributed by atoms with Crippen LogP contribution in [-0.2, 0) is 14.3 Å². The minimum Gasteiger partial charge on any atom is -0.371 e. The van der Waals surface area contributed by atoms with E-state index >= 15 is 0 Å². The van der Waals surface area contributed by atoms with Crippen LogP contribution in [0, 0.1) is 5.92 Å². The minimum absolute atomic E-state index is 0.0824. The first-order valence-corrected chi connectivity index (χ1v) is 7.84. The Morgan fingerprint density at radius 2 is 2.15 bits per heavy atom. The van der Waals surface area contributed by atoms with Crippen LogP contribution < -0.4 is 0 Å². The van der Waals surface area contributed by atoms with Crippen LogP contribution in [-0.4, -0.2) is 60.0 Å². The van der Waals surface area contributed by atoms with Crippen molar-refractivity contribution in [3.63, 3.8) is 0 Å². The fraction of sp³-hybridized carbons (Fsp3) is 0.867. The van der Waals surface area contributed by atoms with Gasteiger partial charge in [-0.3, -0.25) is 9.59 Å². The predicted octanol–water partition coefficient (Wildman–Crippen LogP) is 1.03. The first kappa shape index (κ1) is 13.9. The summed E-state index contributed by atoms with van der Waals surface area (Å²) in [5.41, 5.74) is -0.0824. The fourth-order valence-corrected chi connectivity index (χ4v) is 3.86. The Morgan fingerprint density at radius 3 is 2.80 bits per heavy atom. The summed E-state index contributed by atoms with van der Waals surface area (Å²) in [5, 5.41) is 0. The van der Waals surface area contributed by atoms with E-state index in [9.17, 15) is 9.59 Å². The number of morpholine rings is 1. The number of rotatable bonds is 2. The highest BCUT2D eigenvalue weighted by molar-refractivity contribution is 5.89. The van der Waals surface area contributed by atoms with Crippen molar-refractivity contribution < 1.29 is 14.3 Å². The van der Waals surface area contributed by atoms with Crippen molar-refractivity contribution in [2.45, 2.75) is 44.6 Å². The van der Waals surface area contributed by atoms with Crippen LogP contribution >= 0.6 is 0 Å². The molecule has 1 spiro atoms. The number of carbonyl (C=O) groups excluding carboxylic acids is 2. The lowest BCUT2D eigenvalue weighted by Crippen LogP contribution is -2.53. The monoisotopic (exact) mass is 280 g/mol. The zero-order valence-electron chi connectivity index (χ0n) is 12.3. The number of hydrogen-bond donors (Lipinski definition) is 0. The van der Waals surface area contributed by atoms with Gasteiger partial charge in [0.05, 0.1) is 18.1 Å². The molecule has 2 amide bonds. The third kappa shape index (κ3) is 2.43. The third-order valence-electron chi connectivity index (χ3n) is 5.02. The van der Waals surface area contributed by atoms with Crippen molar-refractivity contribution >= 4 is 11.8 Å². The van der Waals surface area contributed by atoms with Crippen molar-refractivity contribution in [2.75, 3.05) is 32.8 Å². The van der Waals surface area contributed by atoms with Crippen LogP contribution in [0.3, 0.4) is 0 Å². The maximum absolute atomic E-state index is 12.6. The van der Waals surface area contributed by atoms with Gasteiger partial charge < -0.3 is 14.5 Å². The van der Waals surface area contributed by atoms with Crippen LogP contribution in [0.5, 0.6) is 0 Å². The quantitative estimate of drug-likeness (QED) is 0.759. The van der Waals surface area contributed by atoms with Gasteiger partial charge in [0.2, 0.25) is 11.8 Å². The maximum atomic E-state index is 12.6. The molecular formula is C15H24N2O3. The molecule has 1 unspecified atom stereocenters. The fourth-order valence-electron chi connectivity index (χ4n) is 3.86. The molecule has 0 bridgehead atoms. The maximum Gasteiger partial charge on any atom is 0.228 e. The highest BCUT2D eigenvalue weighted by Gasteiger charge is 2.43. The number of nitrogens with zero attached hydrogens (tertiary/aromatic N) is 2. The van der Waals surface area contributed by atoms with E-state index in [1.807, 2.05) is 11.8 Å². The van der Waals surface area contributed by atoms with Crippen LogP contribution in [0.1, 0.15) is 39.0 Å². The molecule has 2 heterocycles. The minimum atomic E-state index is -0.140. The van der Waals surface area contributed by atoms with Gasteiger partial charge in [-0.1, -0.05) is 12.8 Å². The van der Waals surface area contributed by atoms with Gasteiger partial charge in [-0.15, -0.1) is 0 Å². The lowest BCUT2D eigenvalue weighted by molar-refractivity contribution is -0.153. The molecule has 2 saturated heterocycles. The van der Waals surface area contributed by atoms with E-state index in [0.29, 0.717) is 32.7 Å². The molecule has 5 heteroatoms. The Hall–Kier alpha value is -1.10. The van der Waals surface area contributed by atoms with Crippen molar-refractivity contribution in [3.05, 3.63) is 0 Å². The zero-order chi connectivity index (χ0) is 14.2. The molecule has 5 nitrogen and oxygen atoms in total. The first-order valence-electron chi connectivity index (χ1n) is 7.84. The standard InChI is InChI=1S/C15H24N2O3/c1-2-16-10-12(9-13(16)18)14(19)17-7-8-20-15(11-17)5-3-4-6-15/h12H,2-11H2,1H3. The van der Waals surface area contributed by atoms with Gasteiger partial charge in [0.25, 0.3) is 0 Å². The molecule has 3 fully saturated rings. The van der Waals surface area contributed by atoms with Gasteiger partial charge in [-0.05, 0) is 19.8 Å². The van der Waals surface area contributed by atoms with E-state index in [1.54, 1.807) is 4.90 Å². The van der Waals surface area contributed by atoms with Crippen molar-refractivity contribution in [1.82, 2.24) is 9.80 Å². The first-order chi connectivity index (χ1) is 9.63. The second kappa shape index (κ2) is 5.35. The lowest BCUT2D eigenvalue weighted by Gasteiger charge is -2.41. The van der Waals surface area contributed by atoms with Gasteiger partial charge in [0.1, 0.15) is 0 Å². The number of hydrogen-bond acceptors (Lipinski definition) is 3. The van der Waals surface area contributed by atoms with Gasteiger partial charge in [-0.2, -0.15) is 0 Å². The van der Waals surface area contributed by atoms with E-state index in [1.165, 1.54) is 12.8 Å². The van der Waals surface area contributed by atoms with Crippen LogP contribution in [0.2, 0.25) is 0 Å².